The van der Waals surface area contributed by atoms with Crippen molar-refractivity contribution in [3.05, 3.63) is 118 Å². The van der Waals surface area contributed by atoms with Crippen LogP contribution in [-0.4, -0.2) is 46.6 Å². The van der Waals surface area contributed by atoms with Crippen LogP contribution in [0.25, 0.3) is 0 Å². The number of fused-ring (bicyclic) bond motifs is 1. The molecule has 5 rings (SSSR count). The van der Waals surface area contributed by atoms with Gasteiger partial charge < -0.3 is 14.8 Å². The standard InChI is InChI=1S/C31H30N2O5S/c1-19-14-16-21(17-15-19)18-24(34)32-25-28(35)33-26(20(2)31(37-3)39-29(25)33)30(36)38-27(22-10-6-4-7-11-22)23-12-8-5-9-13-23/h4-17,25,27,29,31H,18H2,1-3H3,(H,32,34)/t25-,29+,31-/m0/s1. The molecule has 0 bridgehead atoms. The van der Waals surface area contributed by atoms with Gasteiger partial charge in [-0.15, -0.1) is 0 Å². The van der Waals surface area contributed by atoms with Crippen molar-refractivity contribution in [2.24, 2.45) is 0 Å². The van der Waals surface area contributed by atoms with Gasteiger partial charge >= 0.3 is 5.97 Å². The molecule has 2 amide bonds. The molecular weight excluding hydrogens is 512 g/mol. The van der Waals surface area contributed by atoms with E-state index in [9.17, 15) is 14.4 Å². The molecule has 3 aromatic carbocycles. The number of esters is 1. The number of ether oxygens (including phenoxy) is 2. The number of β-lactam (4-membered cyclic amide) rings is 1. The highest BCUT2D eigenvalue weighted by Crippen LogP contribution is 2.45. The van der Waals surface area contributed by atoms with Crippen LogP contribution in [0.2, 0.25) is 0 Å². The normalized spacial score (nSPS) is 20.4. The number of thioether (sulfide) groups is 1. The fourth-order valence-corrected chi connectivity index (χ4v) is 6.21. The van der Waals surface area contributed by atoms with Crippen molar-refractivity contribution in [2.45, 2.75) is 43.2 Å². The summed E-state index contributed by atoms with van der Waals surface area (Å²) < 4.78 is 11.7. The molecule has 200 valence electrons. The summed E-state index contributed by atoms with van der Waals surface area (Å²) >= 11 is 1.39. The van der Waals surface area contributed by atoms with E-state index >= 15 is 0 Å². The molecule has 2 aliphatic rings. The van der Waals surface area contributed by atoms with E-state index in [0.29, 0.717) is 5.57 Å². The molecule has 1 saturated heterocycles. The van der Waals surface area contributed by atoms with E-state index in [1.165, 1.54) is 16.7 Å². The second-order valence-electron chi connectivity index (χ2n) is 9.65. The van der Waals surface area contributed by atoms with Crippen molar-refractivity contribution in [2.75, 3.05) is 7.11 Å². The zero-order chi connectivity index (χ0) is 27.5. The van der Waals surface area contributed by atoms with Crippen LogP contribution < -0.4 is 5.32 Å². The Bertz CT molecular complexity index is 1350. The van der Waals surface area contributed by atoms with Gasteiger partial charge in [0.25, 0.3) is 5.91 Å². The Kier molecular flexibility index (Phi) is 7.86. The highest BCUT2D eigenvalue weighted by molar-refractivity contribution is 8.00. The Balaban J connectivity index is 1.36. The number of carbonyl (C=O) groups excluding carboxylic acids is 3. The summed E-state index contributed by atoms with van der Waals surface area (Å²) in [7, 11) is 1.56. The van der Waals surface area contributed by atoms with Gasteiger partial charge in [0.2, 0.25) is 5.91 Å². The van der Waals surface area contributed by atoms with Crippen LogP contribution in [-0.2, 0) is 30.3 Å². The zero-order valence-electron chi connectivity index (χ0n) is 22.0. The van der Waals surface area contributed by atoms with E-state index in [1.807, 2.05) is 91.9 Å². The third kappa shape index (κ3) is 5.48. The molecular formula is C31H30N2O5S. The number of amides is 2. The minimum Gasteiger partial charge on any atom is -0.448 e. The third-order valence-electron chi connectivity index (χ3n) is 6.91. The molecule has 2 aliphatic heterocycles. The zero-order valence-corrected chi connectivity index (χ0v) is 22.8. The van der Waals surface area contributed by atoms with E-state index < -0.39 is 28.9 Å². The number of benzene rings is 3. The molecule has 1 N–H and O–H groups in total. The van der Waals surface area contributed by atoms with Crippen LogP contribution in [0.4, 0.5) is 0 Å². The van der Waals surface area contributed by atoms with Gasteiger partial charge in [-0.25, -0.2) is 4.79 Å². The van der Waals surface area contributed by atoms with Crippen LogP contribution in [0.5, 0.6) is 0 Å². The fourth-order valence-electron chi connectivity index (χ4n) is 4.86. The lowest BCUT2D eigenvalue weighted by Crippen LogP contribution is -2.71. The molecule has 0 saturated carbocycles. The molecule has 0 spiro atoms. The maximum atomic E-state index is 13.7. The van der Waals surface area contributed by atoms with Gasteiger partial charge in [0.1, 0.15) is 22.5 Å². The molecule has 3 aromatic rings. The van der Waals surface area contributed by atoms with Gasteiger partial charge in [-0.3, -0.25) is 14.5 Å². The second-order valence-corrected chi connectivity index (χ2v) is 10.8. The molecule has 3 atom stereocenters. The summed E-state index contributed by atoms with van der Waals surface area (Å²) in [6.45, 7) is 3.75. The Morgan fingerprint density at radius 3 is 2.08 bits per heavy atom. The quantitative estimate of drug-likeness (QED) is 0.333. The average Bonchev–Trinajstić information content (AvgIpc) is 2.96. The number of hydrogen-bond donors (Lipinski definition) is 1. The van der Waals surface area contributed by atoms with Gasteiger partial charge in [-0.1, -0.05) is 102 Å². The predicted octanol–water partition coefficient (Wildman–Crippen LogP) is 4.52. The largest absolute Gasteiger partial charge is 0.448 e. The van der Waals surface area contributed by atoms with Crippen molar-refractivity contribution in [3.8, 4) is 0 Å². The SMILES string of the molecule is CO[C@H]1S[C@@H]2[C@@H](NC(=O)Cc3ccc(C)cc3)C(=O)N2C(C(=O)OC(c2ccccc2)c2ccccc2)=C1C. The lowest BCUT2D eigenvalue weighted by atomic mass is 10.0. The average molecular weight is 543 g/mol. The molecule has 0 aliphatic carbocycles. The van der Waals surface area contributed by atoms with E-state index in [0.717, 1.165) is 22.3 Å². The minimum absolute atomic E-state index is 0.161. The molecule has 2 heterocycles. The molecule has 0 radical (unpaired) electrons. The maximum Gasteiger partial charge on any atom is 0.356 e. The first kappa shape index (κ1) is 26.7. The van der Waals surface area contributed by atoms with Gasteiger partial charge in [0.15, 0.2) is 6.10 Å². The van der Waals surface area contributed by atoms with Crippen LogP contribution in [0.1, 0.15) is 35.3 Å². The minimum atomic E-state index is -0.763. The lowest BCUT2D eigenvalue weighted by Gasteiger charge is -2.51. The van der Waals surface area contributed by atoms with Crippen LogP contribution in [0, 0.1) is 6.92 Å². The highest BCUT2D eigenvalue weighted by atomic mass is 32.2. The maximum absolute atomic E-state index is 13.7. The Labute approximate surface area is 232 Å². The molecule has 0 aromatic heterocycles. The predicted molar refractivity (Wildman–Crippen MR) is 149 cm³/mol. The van der Waals surface area contributed by atoms with E-state index in [-0.39, 0.29) is 23.9 Å². The summed E-state index contributed by atoms with van der Waals surface area (Å²) in [6.07, 6.45) is -0.495. The molecule has 7 nitrogen and oxygen atoms in total. The Hall–Kier alpha value is -3.88. The van der Waals surface area contributed by atoms with Crippen molar-refractivity contribution in [3.63, 3.8) is 0 Å². The summed E-state index contributed by atoms with van der Waals surface area (Å²) in [5.74, 6) is -1.22. The van der Waals surface area contributed by atoms with Crippen molar-refractivity contribution >= 4 is 29.5 Å². The number of aryl methyl sites for hydroxylation is 1. The fraction of sp³-hybridized carbons (Fsp3) is 0.258. The van der Waals surface area contributed by atoms with Crippen LogP contribution in [0.15, 0.2) is 96.2 Å². The Morgan fingerprint density at radius 1 is 0.923 bits per heavy atom. The summed E-state index contributed by atoms with van der Waals surface area (Å²) in [5.41, 5.74) is 3.90. The van der Waals surface area contributed by atoms with Crippen molar-refractivity contribution in [1.82, 2.24) is 10.2 Å². The molecule has 1 fully saturated rings. The van der Waals surface area contributed by atoms with Crippen LogP contribution >= 0.6 is 11.8 Å². The number of nitrogens with one attached hydrogen (secondary N) is 1. The summed E-state index contributed by atoms with van der Waals surface area (Å²) in [5, 5.41) is 2.37. The summed E-state index contributed by atoms with van der Waals surface area (Å²) in [6, 6.07) is 25.9. The molecule has 0 unspecified atom stereocenters. The van der Waals surface area contributed by atoms with Gasteiger partial charge in [-0.2, -0.15) is 0 Å². The number of methoxy groups -OCH3 is 1. The van der Waals surface area contributed by atoms with E-state index in [1.54, 1.807) is 14.0 Å². The Morgan fingerprint density at radius 2 is 1.51 bits per heavy atom. The third-order valence-corrected chi connectivity index (χ3v) is 8.47. The van der Waals surface area contributed by atoms with Crippen molar-refractivity contribution < 1.29 is 23.9 Å². The monoisotopic (exact) mass is 542 g/mol. The van der Waals surface area contributed by atoms with Crippen LogP contribution in [0.3, 0.4) is 0 Å². The molecule has 8 heteroatoms. The number of hydrogen-bond acceptors (Lipinski definition) is 6. The van der Waals surface area contributed by atoms with E-state index in [4.69, 9.17) is 9.47 Å². The topological polar surface area (TPSA) is 84.9 Å². The smallest absolute Gasteiger partial charge is 0.356 e. The lowest BCUT2D eigenvalue weighted by molar-refractivity contribution is -0.155. The first-order valence-corrected chi connectivity index (χ1v) is 13.7. The van der Waals surface area contributed by atoms with Crippen molar-refractivity contribution in [1.29, 1.82) is 0 Å². The first-order chi connectivity index (χ1) is 18.9. The second kappa shape index (κ2) is 11.5. The van der Waals surface area contributed by atoms with E-state index in [2.05, 4.69) is 5.32 Å². The number of rotatable bonds is 8. The number of nitrogens with zero attached hydrogens (tertiary/aromatic N) is 1. The molecule has 39 heavy (non-hydrogen) atoms. The highest BCUT2D eigenvalue weighted by Gasteiger charge is 2.56. The van der Waals surface area contributed by atoms with Gasteiger partial charge in [0.05, 0.1) is 6.42 Å². The van der Waals surface area contributed by atoms with Gasteiger partial charge in [0, 0.05) is 7.11 Å². The number of carbonyl (C=O) groups is 3. The first-order valence-electron chi connectivity index (χ1n) is 12.7. The summed E-state index contributed by atoms with van der Waals surface area (Å²) in [4.78, 5) is 41.3. The van der Waals surface area contributed by atoms with Gasteiger partial charge in [-0.05, 0) is 36.1 Å².